The molecule has 0 saturated heterocycles. The fourth-order valence-corrected chi connectivity index (χ4v) is 3.50. The molecule has 1 aromatic heterocycles. The topological polar surface area (TPSA) is 102 Å². The molecule has 0 aliphatic rings. The number of esters is 1. The second-order valence-corrected chi connectivity index (χ2v) is 7.51. The zero-order valence-electron chi connectivity index (χ0n) is 17.4. The Balaban J connectivity index is 1.53. The van der Waals surface area contributed by atoms with Crippen molar-refractivity contribution in [2.75, 3.05) is 19.0 Å². The van der Waals surface area contributed by atoms with E-state index in [1.54, 1.807) is 36.4 Å². The first kappa shape index (κ1) is 22.3. The van der Waals surface area contributed by atoms with E-state index >= 15 is 0 Å². The summed E-state index contributed by atoms with van der Waals surface area (Å²) < 4.78 is 6.52. The van der Waals surface area contributed by atoms with Gasteiger partial charge in [0.05, 0.1) is 23.7 Å². The molecule has 9 heteroatoms. The van der Waals surface area contributed by atoms with E-state index < -0.39 is 5.97 Å². The van der Waals surface area contributed by atoms with Gasteiger partial charge < -0.3 is 19.9 Å². The molecular weight excluding hydrogens is 420 g/mol. The molecule has 0 fully saturated rings. The highest BCUT2D eigenvalue weighted by Gasteiger charge is 2.14. The molecule has 0 aliphatic carbocycles. The maximum Gasteiger partial charge on any atom is 0.337 e. The van der Waals surface area contributed by atoms with E-state index in [0.717, 1.165) is 5.52 Å². The number of hydrogen-bond acceptors (Lipinski definition) is 5. The molecule has 2 amide bonds. The number of aromatic nitrogens is 2. The Kier molecular flexibility index (Phi) is 6.91. The lowest BCUT2D eigenvalue weighted by Gasteiger charge is -2.10. The van der Waals surface area contributed by atoms with Gasteiger partial charge in [-0.25, -0.2) is 9.78 Å². The van der Waals surface area contributed by atoms with Crippen LogP contribution in [-0.4, -0.2) is 41.0 Å². The number of carbonyl (C=O) groups is 3. The number of amides is 2. The maximum atomic E-state index is 12.4. The van der Waals surface area contributed by atoms with Crippen LogP contribution in [0.3, 0.4) is 0 Å². The molecule has 2 N–H and O–H groups in total. The van der Waals surface area contributed by atoms with Gasteiger partial charge in [0, 0.05) is 30.3 Å². The number of imidazole rings is 1. The number of nitrogens with zero attached hydrogens (tertiary/aromatic N) is 2. The van der Waals surface area contributed by atoms with Crippen LogP contribution in [-0.2, 0) is 9.53 Å². The number of rotatable bonds is 7. The molecule has 2 aromatic carbocycles. The second kappa shape index (κ2) is 9.61. The smallest absolute Gasteiger partial charge is 0.337 e. The summed E-state index contributed by atoms with van der Waals surface area (Å²) in [6.45, 7) is 4.18. The predicted molar refractivity (Wildman–Crippen MR) is 118 cm³/mol. The predicted octanol–water partition coefficient (Wildman–Crippen LogP) is 3.82. The SMILES string of the molecule is COC(=O)c1ccc(NC(=O)CCNC(=O)c2ccc3c(c2)nc(Cl)n3C(C)C)cc1. The number of methoxy groups -OCH3 is 1. The van der Waals surface area contributed by atoms with Crippen LogP contribution in [0.2, 0.25) is 5.28 Å². The van der Waals surface area contributed by atoms with E-state index in [2.05, 4.69) is 20.4 Å². The fourth-order valence-electron chi connectivity index (χ4n) is 3.12. The summed E-state index contributed by atoms with van der Waals surface area (Å²) in [6, 6.07) is 11.7. The Labute approximate surface area is 184 Å². The first-order valence-electron chi connectivity index (χ1n) is 9.74. The van der Waals surface area contributed by atoms with Crippen molar-refractivity contribution in [3.63, 3.8) is 0 Å². The maximum absolute atomic E-state index is 12.4. The van der Waals surface area contributed by atoms with E-state index in [1.165, 1.54) is 7.11 Å². The first-order chi connectivity index (χ1) is 14.8. The Morgan fingerprint density at radius 2 is 1.77 bits per heavy atom. The number of fused-ring (bicyclic) bond motifs is 1. The molecule has 0 atom stereocenters. The summed E-state index contributed by atoms with van der Waals surface area (Å²) in [6.07, 6.45) is 0.0978. The van der Waals surface area contributed by atoms with E-state index in [-0.39, 0.29) is 30.8 Å². The van der Waals surface area contributed by atoms with Crippen LogP contribution in [0.15, 0.2) is 42.5 Å². The van der Waals surface area contributed by atoms with Crippen molar-refractivity contribution in [2.24, 2.45) is 0 Å². The van der Waals surface area contributed by atoms with E-state index in [4.69, 9.17) is 11.6 Å². The molecule has 0 saturated carbocycles. The number of anilines is 1. The monoisotopic (exact) mass is 442 g/mol. The Morgan fingerprint density at radius 3 is 2.42 bits per heavy atom. The van der Waals surface area contributed by atoms with Crippen LogP contribution in [0.25, 0.3) is 11.0 Å². The lowest BCUT2D eigenvalue weighted by molar-refractivity contribution is -0.116. The van der Waals surface area contributed by atoms with E-state index in [1.807, 2.05) is 24.5 Å². The van der Waals surface area contributed by atoms with Crippen LogP contribution < -0.4 is 10.6 Å². The van der Waals surface area contributed by atoms with Crippen molar-refractivity contribution in [1.29, 1.82) is 0 Å². The molecule has 3 rings (SSSR count). The van der Waals surface area contributed by atoms with Gasteiger partial charge in [0.15, 0.2) is 0 Å². The third-order valence-electron chi connectivity index (χ3n) is 4.65. The first-order valence-corrected chi connectivity index (χ1v) is 10.1. The summed E-state index contributed by atoms with van der Waals surface area (Å²) in [5, 5.41) is 5.82. The van der Waals surface area contributed by atoms with Crippen molar-refractivity contribution in [3.05, 3.63) is 58.9 Å². The number of nitrogens with one attached hydrogen (secondary N) is 2. The van der Waals surface area contributed by atoms with Gasteiger partial charge in [0.2, 0.25) is 11.2 Å². The molecule has 31 heavy (non-hydrogen) atoms. The molecule has 0 radical (unpaired) electrons. The molecule has 0 aliphatic heterocycles. The van der Waals surface area contributed by atoms with Crippen molar-refractivity contribution in [2.45, 2.75) is 26.3 Å². The van der Waals surface area contributed by atoms with Gasteiger partial charge in [0.1, 0.15) is 0 Å². The van der Waals surface area contributed by atoms with Gasteiger partial charge >= 0.3 is 5.97 Å². The largest absolute Gasteiger partial charge is 0.465 e. The molecular formula is C22H23ClN4O4. The molecule has 0 bridgehead atoms. The average molecular weight is 443 g/mol. The van der Waals surface area contributed by atoms with Crippen LogP contribution in [0.5, 0.6) is 0 Å². The average Bonchev–Trinajstić information content (AvgIpc) is 3.08. The minimum absolute atomic E-state index is 0.0978. The molecule has 0 spiro atoms. The van der Waals surface area contributed by atoms with Crippen LogP contribution in [0.4, 0.5) is 5.69 Å². The molecule has 0 unspecified atom stereocenters. The van der Waals surface area contributed by atoms with E-state index in [9.17, 15) is 14.4 Å². The quantitative estimate of drug-likeness (QED) is 0.541. The lowest BCUT2D eigenvalue weighted by Crippen LogP contribution is -2.27. The summed E-state index contributed by atoms with van der Waals surface area (Å²) in [7, 11) is 1.30. The van der Waals surface area contributed by atoms with Gasteiger partial charge in [-0.2, -0.15) is 0 Å². The molecule has 1 heterocycles. The molecule has 8 nitrogen and oxygen atoms in total. The fraction of sp³-hybridized carbons (Fsp3) is 0.273. The van der Waals surface area contributed by atoms with Crippen LogP contribution in [0, 0.1) is 0 Å². The van der Waals surface area contributed by atoms with Crippen molar-refractivity contribution < 1.29 is 19.1 Å². The lowest BCUT2D eigenvalue weighted by atomic mass is 10.1. The standard InChI is InChI=1S/C22H23ClN4O4/c1-13(2)27-18-9-6-15(12-17(18)26-22(27)23)20(29)24-11-10-19(28)25-16-7-4-14(5-8-16)21(30)31-3/h4-9,12-13H,10-11H2,1-3H3,(H,24,29)(H,25,28). The van der Waals surface area contributed by atoms with Crippen molar-refractivity contribution in [3.8, 4) is 0 Å². The summed E-state index contributed by atoms with van der Waals surface area (Å²) in [4.78, 5) is 40.3. The number of ether oxygens (including phenoxy) is 1. The molecule has 3 aromatic rings. The number of benzene rings is 2. The zero-order valence-corrected chi connectivity index (χ0v) is 18.2. The Bertz CT molecular complexity index is 1120. The second-order valence-electron chi connectivity index (χ2n) is 7.17. The van der Waals surface area contributed by atoms with Gasteiger partial charge in [-0.3, -0.25) is 9.59 Å². The van der Waals surface area contributed by atoms with Gasteiger partial charge in [-0.05, 0) is 67.9 Å². The van der Waals surface area contributed by atoms with E-state index in [0.29, 0.717) is 27.6 Å². The normalized spacial score (nSPS) is 10.9. The summed E-state index contributed by atoms with van der Waals surface area (Å²) >= 11 is 6.19. The summed E-state index contributed by atoms with van der Waals surface area (Å²) in [5.41, 5.74) is 2.88. The number of carbonyl (C=O) groups excluding carboxylic acids is 3. The molecule has 162 valence electrons. The number of hydrogen-bond donors (Lipinski definition) is 2. The van der Waals surface area contributed by atoms with Crippen molar-refractivity contribution >= 4 is 46.1 Å². The van der Waals surface area contributed by atoms with Crippen LogP contribution in [0.1, 0.15) is 47.0 Å². The Morgan fingerprint density at radius 1 is 1.10 bits per heavy atom. The third-order valence-corrected chi connectivity index (χ3v) is 4.92. The highest BCUT2D eigenvalue weighted by molar-refractivity contribution is 6.29. The zero-order chi connectivity index (χ0) is 22.5. The van der Waals surface area contributed by atoms with Gasteiger partial charge in [-0.15, -0.1) is 0 Å². The summed E-state index contributed by atoms with van der Waals surface area (Å²) in [5.74, 6) is -1.01. The minimum atomic E-state index is -0.447. The highest BCUT2D eigenvalue weighted by atomic mass is 35.5. The van der Waals surface area contributed by atoms with Gasteiger partial charge in [-0.1, -0.05) is 0 Å². The van der Waals surface area contributed by atoms with Crippen molar-refractivity contribution in [1.82, 2.24) is 14.9 Å². The Hall–Kier alpha value is -3.39. The minimum Gasteiger partial charge on any atom is -0.465 e. The third kappa shape index (κ3) is 5.21. The number of halogens is 1. The van der Waals surface area contributed by atoms with Crippen LogP contribution >= 0.6 is 11.6 Å². The van der Waals surface area contributed by atoms with Gasteiger partial charge in [0.25, 0.3) is 5.91 Å². The highest BCUT2D eigenvalue weighted by Crippen LogP contribution is 2.25.